The fourth-order valence-electron chi connectivity index (χ4n) is 2.23. The van der Waals surface area contributed by atoms with Crippen LogP contribution in [0.5, 0.6) is 5.88 Å². The van der Waals surface area contributed by atoms with E-state index in [0.717, 1.165) is 19.1 Å². The molecule has 3 nitrogen and oxygen atoms in total. The second-order valence-electron chi connectivity index (χ2n) is 4.53. The number of aromatic nitrogens is 1. The van der Waals surface area contributed by atoms with Gasteiger partial charge in [0.25, 0.3) is 0 Å². The maximum atomic E-state index is 10.8. The number of nitrogens with zero attached hydrogens (tertiary/aromatic N) is 1. The molecule has 1 aromatic heterocycles. The van der Waals surface area contributed by atoms with Crippen molar-refractivity contribution in [2.75, 3.05) is 0 Å². The van der Waals surface area contributed by atoms with Crippen LogP contribution in [0, 0.1) is 5.92 Å². The summed E-state index contributed by atoms with van der Waals surface area (Å²) in [6.45, 7) is 2.24. The van der Waals surface area contributed by atoms with E-state index in [4.69, 9.17) is 4.74 Å². The van der Waals surface area contributed by atoms with E-state index in [0.29, 0.717) is 17.4 Å². The Morgan fingerprint density at radius 2 is 2.38 bits per heavy atom. The average Bonchev–Trinajstić information content (AvgIpc) is 2.30. The first-order chi connectivity index (χ1) is 7.79. The first kappa shape index (κ1) is 11.1. The van der Waals surface area contributed by atoms with Gasteiger partial charge in [-0.05, 0) is 37.3 Å². The SMILES string of the molecule is CC1CCCC(Oc2ncccc2C=O)C1. The van der Waals surface area contributed by atoms with Gasteiger partial charge in [0.1, 0.15) is 6.10 Å². The topological polar surface area (TPSA) is 39.2 Å². The Morgan fingerprint density at radius 3 is 3.12 bits per heavy atom. The minimum atomic E-state index is 0.220. The lowest BCUT2D eigenvalue weighted by atomic mass is 9.89. The Hall–Kier alpha value is -1.38. The third-order valence-corrected chi connectivity index (χ3v) is 3.09. The molecule has 0 saturated heterocycles. The van der Waals surface area contributed by atoms with Crippen LogP contribution < -0.4 is 4.74 Å². The lowest BCUT2D eigenvalue weighted by Crippen LogP contribution is -2.24. The summed E-state index contributed by atoms with van der Waals surface area (Å²) in [6, 6.07) is 3.49. The van der Waals surface area contributed by atoms with E-state index in [1.807, 2.05) is 0 Å². The minimum absolute atomic E-state index is 0.220. The largest absolute Gasteiger partial charge is 0.474 e. The maximum Gasteiger partial charge on any atom is 0.224 e. The highest BCUT2D eigenvalue weighted by atomic mass is 16.5. The smallest absolute Gasteiger partial charge is 0.224 e. The third kappa shape index (κ3) is 2.60. The number of ether oxygens (including phenoxy) is 1. The van der Waals surface area contributed by atoms with Gasteiger partial charge >= 0.3 is 0 Å². The Balaban J connectivity index is 2.05. The molecule has 0 bridgehead atoms. The van der Waals surface area contributed by atoms with Crippen LogP contribution in [0.2, 0.25) is 0 Å². The van der Waals surface area contributed by atoms with Crippen LogP contribution in [-0.2, 0) is 0 Å². The first-order valence-corrected chi connectivity index (χ1v) is 5.86. The van der Waals surface area contributed by atoms with E-state index in [1.165, 1.54) is 12.8 Å². The van der Waals surface area contributed by atoms with E-state index in [9.17, 15) is 4.79 Å². The van der Waals surface area contributed by atoms with Crippen LogP contribution in [-0.4, -0.2) is 17.4 Å². The van der Waals surface area contributed by atoms with E-state index >= 15 is 0 Å². The normalized spacial score (nSPS) is 25.1. The number of aldehydes is 1. The second-order valence-corrected chi connectivity index (χ2v) is 4.53. The standard InChI is InChI=1S/C13H17NO2/c1-10-4-2-6-12(8-10)16-13-11(9-15)5-3-7-14-13/h3,5,7,9-10,12H,2,4,6,8H2,1H3. The van der Waals surface area contributed by atoms with Gasteiger partial charge in [-0.25, -0.2) is 4.98 Å². The predicted octanol–water partition coefficient (Wildman–Crippen LogP) is 2.85. The van der Waals surface area contributed by atoms with E-state index in [2.05, 4.69) is 11.9 Å². The van der Waals surface area contributed by atoms with Crippen molar-refractivity contribution in [2.24, 2.45) is 5.92 Å². The molecule has 86 valence electrons. The molecule has 1 saturated carbocycles. The molecule has 0 aliphatic heterocycles. The summed E-state index contributed by atoms with van der Waals surface area (Å²) in [7, 11) is 0. The summed E-state index contributed by atoms with van der Waals surface area (Å²) in [5, 5.41) is 0. The van der Waals surface area contributed by atoms with Gasteiger partial charge in [-0.3, -0.25) is 4.79 Å². The van der Waals surface area contributed by atoms with Gasteiger partial charge in [0.2, 0.25) is 5.88 Å². The molecule has 0 N–H and O–H groups in total. The number of hydrogen-bond acceptors (Lipinski definition) is 3. The highest BCUT2D eigenvalue weighted by molar-refractivity contribution is 5.77. The monoisotopic (exact) mass is 219 g/mol. The van der Waals surface area contributed by atoms with Crippen LogP contribution in [0.4, 0.5) is 0 Å². The van der Waals surface area contributed by atoms with E-state index < -0.39 is 0 Å². The van der Waals surface area contributed by atoms with Crippen molar-refractivity contribution in [2.45, 2.75) is 38.7 Å². The summed E-state index contributed by atoms with van der Waals surface area (Å²) in [5.41, 5.74) is 0.542. The lowest BCUT2D eigenvalue weighted by Gasteiger charge is -2.27. The molecular formula is C13H17NO2. The van der Waals surface area contributed by atoms with Crippen molar-refractivity contribution in [3.8, 4) is 5.88 Å². The summed E-state index contributed by atoms with van der Waals surface area (Å²) in [4.78, 5) is 14.9. The molecule has 2 unspecified atom stereocenters. The summed E-state index contributed by atoms with van der Waals surface area (Å²) in [5.74, 6) is 1.19. The summed E-state index contributed by atoms with van der Waals surface area (Å²) in [6.07, 6.45) is 7.30. The first-order valence-electron chi connectivity index (χ1n) is 5.86. The van der Waals surface area contributed by atoms with Crippen molar-refractivity contribution in [3.05, 3.63) is 23.9 Å². The highest BCUT2D eigenvalue weighted by Crippen LogP contribution is 2.27. The second kappa shape index (κ2) is 5.10. The molecule has 1 aliphatic carbocycles. The van der Waals surface area contributed by atoms with Crippen molar-refractivity contribution >= 4 is 6.29 Å². The molecule has 3 heteroatoms. The Morgan fingerprint density at radius 1 is 1.50 bits per heavy atom. The van der Waals surface area contributed by atoms with Crippen LogP contribution in [0.3, 0.4) is 0 Å². The van der Waals surface area contributed by atoms with Gasteiger partial charge in [0, 0.05) is 6.20 Å². The predicted molar refractivity (Wildman–Crippen MR) is 61.7 cm³/mol. The van der Waals surface area contributed by atoms with Gasteiger partial charge in [-0.1, -0.05) is 13.3 Å². The Bertz CT molecular complexity index is 365. The van der Waals surface area contributed by atoms with Gasteiger partial charge in [0.05, 0.1) is 5.56 Å². The van der Waals surface area contributed by atoms with Crippen LogP contribution >= 0.6 is 0 Å². The minimum Gasteiger partial charge on any atom is -0.474 e. The Labute approximate surface area is 95.8 Å². The van der Waals surface area contributed by atoms with Crippen LogP contribution in [0.1, 0.15) is 43.0 Å². The van der Waals surface area contributed by atoms with Crippen LogP contribution in [0.25, 0.3) is 0 Å². The van der Waals surface area contributed by atoms with Crippen LogP contribution in [0.15, 0.2) is 18.3 Å². The highest BCUT2D eigenvalue weighted by Gasteiger charge is 2.21. The molecular weight excluding hydrogens is 202 g/mol. The zero-order chi connectivity index (χ0) is 11.4. The van der Waals surface area contributed by atoms with Gasteiger partial charge in [0.15, 0.2) is 6.29 Å². The molecule has 1 aliphatic rings. The molecule has 0 aromatic carbocycles. The Kier molecular flexibility index (Phi) is 3.54. The molecule has 1 fully saturated rings. The molecule has 0 radical (unpaired) electrons. The summed E-state index contributed by atoms with van der Waals surface area (Å²) < 4.78 is 5.81. The van der Waals surface area contributed by atoms with Crippen molar-refractivity contribution in [1.29, 1.82) is 0 Å². The van der Waals surface area contributed by atoms with Crippen molar-refractivity contribution in [1.82, 2.24) is 4.98 Å². The van der Waals surface area contributed by atoms with Gasteiger partial charge < -0.3 is 4.74 Å². The number of pyridine rings is 1. The number of carbonyl (C=O) groups excluding carboxylic acids is 1. The fourth-order valence-corrected chi connectivity index (χ4v) is 2.23. The summed E-state index contributed by atoms with van der Waals surface area (Å²) >= 11 is 0. The zero-order valence-corrected chi connectivity index (χ0v) is 9.56. The number of hydrogen-bond donors (Lipinski definition) is 0. The number of carbonyl (C=O) groups is 1. The quantitative estimate of drug-likeness (QED) is 0.734. The van der Waals surface area contributed by atoms with Crippen molar-refractivity contribution < 1.29 is 9.53 Å². The molecule has 2 atom stereocenters. The van der Waals surface area contributed by atoms with E-state index in [1.54, 1.807) is 18.3 Å². The maximum absolute atomic E-state index is 10.8. The third-order valence-electron chi connectivity index (χ3n) is 3.09. The fraction of sp³-hybridized carbons (Fsp3) is 0.538. The molecule has 0 spiro atoms. The molecule has 0 amide bonds. The zero-order valence-electron chi connectivity index (χ0n) is 9.56. The molecule has 1 heterocycles. The molecule has 16 heavy (non-hydrogen) atoms. The van der Waals surface area contributed by atoms with Gasteiger partial charge in [-0.2, -0.15) is 0 Å². The average molecular weight is 219 g/mol. The lowest BCUT2D eigenvalue weighted by molar-refractivity contribution is 0.108. The van der Waals surface area contributed by atoms with E-state index in [-0.39, 0.29) is 6.10 Å². The number of rotatable bonds is 3. The van der Waals surface area contributed by atoms with Gasteiger partial charge in [-0.15, -0.1) is 0 Å². The molecule has 2 rings (SSSR count). The molecule has 1 aromatic rings. The van der Waals surface area contributed by atoms with Crippen molar-refractivity contribution in [3.63, 3.8) is 0 Å².